The fourth-order valence-corrected chi connectivity index (χ4v) is 6.57. The quantitative estimate of drug-likeness (QED) is 0.147. The van der Waals surface area contributed by atoms with Crippen LogP contribution in [0, 0.1) is 37.5 Å². The van der Waals surface area contributed by atoms with Gasteiger partial charge in [0.1, 0.15) is 0 Å². The van der Waals surface area contributed by atoms with E-state index < -0.39 is 11.8 Å². The molecule has 0 spiro atoms. The van der Waals surface area contributed by atoms with Gasteiger partial charge in [0.2, 0.25) is 11.8 Å². The molecule has 1 saturated heterocycles. The topological polar surface area (TPSA) is 62.1 Å². The molecule has 5 nitrogen and oxygen atoms in total. The number of fused-ring (bicyclic) bond motifs is 5. The summed E-state index contributed by atoms with van der Waals surface area (Å²) in [6, 6.07) is 33.8. The van der Waals surface area contributed by atoms with Crippen molar-refractivity contribution in [2.45, 2.75) is 13.8 Å². The first-order valence-corrected chi connectivity index (χ1v) is 14.0. The van der Waals surface area contributed by atoms with Gasteiger partial charge < -0.3 is 0 Å². The van der Waals surface area contributed by atoms with E-state index in [1.165, 1.54) is 21.6 Å². The normalized spacial score (nSPS) is 22.7. The Morgan fingerprint density at radius 2 is 1.05 bits per heavy atom. The van der Waals surface area contributed by atoms with Crippen LogP contribution < -0.4 is 4.90 Å². The molecular weight excluding hydrogens is 506 g/mol. The van der Waals surface area contributed by atoms with E-state index in [-0.39, 0.29) is 23.7 Å². The van der Waals surface area contributed by atoms with Gasteiger partial charge in [-0.1, -0.05) is 90.0 Å². The molecule has 0 unspecified atom stereocenters. The van der Waals surface area contributed by atoms with Crippen molar-refractivity contribution in [2.75, 3.05) is 4.90 Å². The molecular formula is C36H29N3O2. The second-order valence-electron chi connectivity index (χ2n) is 11.1. The van der Waals surface area contributed by atoms with Crippen molar-refractivity contribution in [2.24, 2.45) is 33.9 Å². The molecule has 1 heterocycles. The third-order valence-electron chi connectivity index (χ3n) is 8.53. The van der Waals surface area contributed by atoms with Crippen LogP contribution in [-0.4, -0.2) is 11.8 Å². The molecule has 2 bridgehead atoms. The molecule has 7 rings (SSSR count). The molecule has 0 aromatic heterocycles. The number of azo groups is 1. The van der Waals surface area contributed by atoms with Crippen LogP contribution in [0.15, 0.2) is 131 Å². The summed E-state index contributed by atoms with van der Waals surface area (Å²) in [6.45, 7) is 4.16. The van der Waals surface area contributed by atoms with Crippen molar-refractivity contribution in [1.29, 1.82) is 0 Å². The fourth-order valence-electron chi connectivity index (χ4n) is 6.57. The van der Waals surface area contributed by atoms with Crippen LogP contribution in [0.3, 0.4) is 0 Å². The lowest BCUT2D eigenvalue weighted by Gasteiger charge is -2.22. The molecule has 5 heteroatoms. The van der Waals surface area contributed by atoms with E-state index in [2.05, 4.69) is 84.8 Å². The molecule has 4 atom stereocenters. The minimum absolute atomic E-state index is 0.108. The van der Waals surface area contributed by atoms with Crippen LogP contribution in [0.4, 0.5) is 17.1 Å². The highest BCUT2D eigenvalue weighted by Gasteiger charge is 2.62. The Bertz CT molecular complexity index is 1650. The standard InChI is InChI=1S/C36H29N3O2/c1-22-8-12-24(13-9-22)31(25-14-10-23(2)11-15-25)32-29-20-21-30(32)34-33(29)35(40)39(36(34)41)28-18-16-27(17-19-28)38-37-26-6-4-3-5-7-26/h3-21,29-30,33-34H,1-2H3/t29-,30-,33+,34+/m1/s1. The Labute approximate surface area is 239 Å². The van der Waals surface area contributed by atoms with Crippen molar-refractivity contribution in [3.63, 3.8) is 0 Å². The first-order valence-electron chi connectivity index (χ1n) is 14.0. The second kappa shape index (κ2) is 9.93. The summed E-state index contributed by atoms with van der Waals surface area (Å²) in [5.74, 6) is -1.25. The number of carbonyl (C=O) groups excluding carboxylic acids is 2. The third kappa shape index (κ3) is 4.25. The molecule has 2 fully saturated rings. The minimum atomic E-state index is -0.393. The van der Waals surface area contributed by atoms with E-state index in [1.54, 1.807) is 24.3 Å². The van der Waals surface area contributed by atoms with Gasteiger partial charge in [-0.25, -0.2) is 4.90 Å². The lowest BCUT2D eigenvalue weighted by molar-refractivity contribution is -0.122. The van der Waals surface area contributed by atoms with Crippen molar-refractivity contribution in [1.82, 2.24) is 0 Å². The zero-order valence-electron chi connectivity index (χ0n) is 22.9. The van der Waals surface area contributed by atoms with Crippen LogP contribution in [0.1, 0.15) is 22.3 Å². The van der Waals surface area contributed by atoms with E-state index in [0.29, 0.717) is 11.4 Å². The lowest BCUT2D eigenvalue weighted by atomic mass is 9.85. The SMILES string of the molecule is Cc1ccc(C(=C2[C@H]3C=C[C@H]2[C@@H]2C(=O)N(c4ccc(N=Nc5ccccc5)cc4)C(=O)[C@H]23)c2ccc(C)cc2)cc1. The predicted octanol–water partition coefficient (Wildman–Crippen LogP) is 8.14. The zero-order valence-corrected chi connectivity index (χ0v) is 22.9. The first-order chi connectivity index (χ1) is 20.0. The molecule has 0 radical (unpaired) electrons. The van der Waals surface area contributed by atoms with Crippen LogP contribution in [0.5, 0.6) is 0 Å². The number of allylic oxidation sites excluding steroid dienone is 3. The number of imide groups is 1. The molecule has 2 amide bonds. The number of rotatable bonds is 5. The monoisotopic (exact) mass is 535 g/mol. The molecule has 4 aromatic rings. The van der Waals surface area contributed by atoms with Crippen molar-refractivity contribution >= 4 is 34.4 Å². The summed E-state index contributed by atoms with van der Waals surface area (Å²) < 4.78 is 0. The maximum absolute atomic E-state index is 13.9. The summed E-state index contributed by atoms with van der Waals surface area (Å²) >= 11 is 0. The van der Waals surface area contributed by atoms with E-state index in [9.17, 15) is 9.59 Å². The number of hydrogen-bond acceptors (Lipinski definition) is 4. The van der Waals surface area contributed by atoms with Gasteiger partial charge in [-0.15, -0.1) is 0 Å². The highest BCUT2D eigenvalue weighted by molar-refractivity contribution is 6.23. The summed E-state index contributed by atoms with van der Waals surface area (Å²) in [6.07, 6.45) is 4.29. The molecule has 41 heavy (non-hydrogen) atoms. The Morgan fingerprint density at radius 1 is 0.585 bits per heavy atom. The van der Waals surface area contributed by atoms with Crippen molar-refractivity contribution in [3.8, 4) is 0 Å². The van der Waals surface area contributed by atoms with Gasteiger partial charge in [0.25, 0.3) is 0 Å². The smallest absolute Gasteiger partial charge is 0.238 e. The van der Waals surface area contributed by atoms with Gasteiger partial charge in [0.15, 0.2) is 0 Å². The molecule has 1 aliphatic heterocycles. The number of carbonyl (C=O) groups is 2. The third-order valence-corrected chi connectivity index (χ3v) is 8.53. The summed E-state index contributed by atoms with van der Waals surface area (Å²) in [4.78, 5) is 29.2. The Kier molecular flexibility index (Phi) is 6.08. The summed E-state index contributed by atoms with van der Waals surface area (Å²) in [5, 5.41) is 8.55. The maximum atomic E-state index is 13.9. The molecule has 2 aliphatic carbocycles. The van der Waals surface area contributed by atoms with Gasteiger partial charge in [0, 0.05) is 11.8 Å². The Balaban J connectivity index is 1.22. The van der Waals surface area contributed by atoms with Crippen molar-refractivity contribution in [3.05, 3.63) is 143 Å². The van der Waals surface area contributed by atoms with Crippen molar-refractivity contribution < 1.29 is 9.59 Å². The largest absolute Gasteiger partial charge is 0.274 e. The molecule has 0 N–H and O–H groups in total. The van der Waals surface area contributed by atoms with Crippen LogP contribution in [-0.2, 0) is 9.59 Å². The number of anilines is 1. The average Bonchev–Trinajstić information content (AvgIpc) is 3.63. The first kappa shape index (κ1) is 25.1. The fraction of sp³-hybridized carbons (Fsp3) is 0.167. The van der Waals surface area contributed by atoms with E-state index in [4.69, 9.17) is 0 Å². The number of amides is 2. The minimum Gasteiger partial charge on any atom is -0.274 e. The summed E-state index contributed by atoms with van der Waals surface area (Å²) in [5.41, 5.74) is 8.94. The second-order valence-corrected chi connectivity index (χ2v) is 11.1. The molecule has 1 saturated carbocycles. The van der Waals surface area contributed by atoms with Gasteiger partial charge in [-0.3, -0.25) is 9.59 Å². The summed E-state index contributed by atoms with van der Waals surface area (Å²) in [7, 11) is 0. The molecule has 3 aliphatic rings. The number of aryl methyl sites for hydroxylation is 2. The maximum Gasteiger partial charge on any atom is 0.238 e. The Morgan fingerprint density at radius 3 is 1.54 bits per heavy atom. The highest BCUT2D eigenvalue weighted by atomic mass is 16.2. The lowest BCUT2D eigenvalue weighted by Crippen LogP contribution is -2.33. The highest BCUT2D eigenvalue weighted by Crippen LogP contribution is 2.59. The van der Waals surface area contributed by atoms with Gasteiger partial charge in [-0.05, 0) is 72.5 Å². The predicted molar refractivity (Wildman–Crippen MR) is 161 cm³/mol. The van der Waals surface area contributed by atoms with E-state index in [0.717, 1.165) is 22.4 Å². The van der Waals surface area contributed by atoms with Gasteiger partial charge in [0.05, 0.1) is 28.9 Å². The van der Waals surface area contributed by atoms with E-state index >= 15 is 0 Å². The van der Waals surface area contributed by atoms with Crippen LogP contribution in [0.25, 0.3) is 5.57 Å². The molecule has 200 valence electrons. The molecule has 4 aromatic carbocycles. The average molecular weight is 536 g/mol. The number of nitrogens with zero attached hydrogens (tertiary/aromatic N) is 3. The zero-order chi connectivity index (χ0) is 28.1. The number of benzene rings is 4. The van der Waals surface area contributed by atoms with Crippen LogP contribution in [0.2, 0.25) is 0 Å². The number of hydrogen-bond donors (Lipinski definition) is 0. The van der Waals surface area contributed by atoms with Gasteiger partial charge in [-0.2, -0.15) is 10.2 Å². The Hall–Kier alpha value is -4.90. The van der Waals surface area contributed by atoms with Crippen LogP contribution >= 0.6 is 0 Å². The van der Waals surface area contributed by atoms with E-state index in [1.807, 2.05) is 30.3 Å². The van der Waals surface area contributed by atoms with Gasteiger partial charge >= 0.3 is 0 Å².